The molecule has 0 unspecified atom stereocenters. The van der Waals surface area contributed by atoms with E-state index in [0.29, 0.717) is 30.5 Å². The summed E-state index contributed by atoms with van der Waals surface area (Å²) in [5.41, 5.74) is 2.25. The summed E-state index contributed by atoms with van der Waals surface area (Å²) in [5, 5.41) is 6.18. The first-order valence-corrected chi connectivity index (χ1v) is 7.47. The summed E-state index contributed by atoms with van der Waals surface area (Å²) in [6, 6.07) is 15.0. The molecule has 116 valence electrons. The third-order valence-corrected chi connectivity index (χ3v) is 3.22. The summed E-state index contributed by atoms with van der Waals surface area (Å²) < 4.78 is 5.49. The van der Waals surface area contributed by atoms with Gasteiger partial charge in [-0.3, -0.25) is 0 Å². The van der Waals surface area contributed by atoms with E-state index < -0.39 is 0 Å². The minimum atomic E-state index is -0.212. The SMILES string of the molecule is Cc1cccc(CNC(=O)NCCOc2cccc(Cl)c2)c1. The maximum absolute atomic E-state index is 11.7. The third kappa shape index (κ3) is 5.66. The molecule has 4 nitrogen and oxygen atoms in total. The molecule has 0 bridgehead atoms. The molecule has 2 N–H and O–H groups in total. The van der Waals surface area contributed by atoms with E-state index in [1.54, 1.807) is 12.1 Å². The van der Waals surface area contributed by atoms with Gasteiger partial charge >= 0.3 is 6.03 Å². The monoisotopic (exact) mass is 318 g/mol. The summed E-state index contributed by atoms with van der Waals surface area (Å²) >= 11 is 5.86. The van der Waals surface area contributed by atoms with Gasteiger partial charge in [-0.2, -0.15) is 0 Å². The van der Waals surface area contributed by atoms with E-state index >= 15 is 0 Å². The van der Waals surface area contributed by atoms with Gasteiger partial charge in [-0.1, -0.05) is 47.5 Å². The zero-order valence-corrected chi connectivity index (χ0v) is 13.2. The van der Waals surface area contributed by atoms with E-state index in [9.17, 15) is 4.79 Å². The smallest absolute Gasteiger partial charge is 0.315 e. The van der Waals surface area contributed by atoms with Gasteiger partial charge in [-0.25, -0.2) is 4.79 Å². The van der Waals surface area contributed by atoms with Crippen LogP contribution in [0.5, 0.6) is 5.75 Å². The Labute approximate surface area is 135 Å². The molecule has 0 fully saturated rings. The van der Waals surface area contributed by atoms with Crippen LogP contribution in [0.4, 0.5) is 4.79 Å². The van der Waals surface area contributed by atoms with Gasteiger partial charge in [-0.05, 0) is 30.7 Å². The molecule has 0 aliphatic carbocycles. The van der Waals surface area contributed by atoms with Crippen LogP contribution in [0.3, 0.4) is 0 Å². The Bertz CT molecular complexity index is 632. The predicted octanol–water partition coefficient (Wildman–Crippen LogP) is 3.53. The zero-order chi connectivity index (χ0) is 15.8. The van der Waals surface area contributed by atoms with Crippen molar-refractivity contribution < 1.29 is 9.53 Å². The third-order valence-electron chi connectivity index (χ3n) is 2.99. The lowest BCUT2D eigenvalue weighted by Gasteiger charge is -2.09. The summed E-state index contributed by atoms with van der Waals surface area (Å²) in [6.07, 6.45) is 0. The van der Waals surface area contributed by atoms with Gasteiger partial charge in [0.2, 0.25) is 0 Å². The van der Waals surface area contributed by atoms with Gasteiger partial charge in [-0.15, -0.1) is 0 Å². The molecule has 0 heterocycles. The fraction of sp³-hybridized carbons (Fsp3) is 0.235. The summed E-state index contributed by atoms with van der Waals surface area (Å²) in [7, 11) is 0. The van der Waals surface area contributed by atoms with Crippen LogP contribution in [0.25, 0.3) is 0 Å². The van der Waals surface area contributed by atoms with Crippen LogP contribution in [0.1, 0.15) is 11.1 Å². The summed E-state index contributed by atoms with van der Waals surface area (Å²) in [6.45, 7) is 3.34. The number of rotatable bonds is 6. The van der Waals surface area contributed by atoms with Gasteiger partial charge < -0.3 is 15.4 Å². The highest BCUT2D eigenvalue weighted by Gasteiger charge is 2.01. The molecule has 0 aromatic heterocycles. The summed E-state index contributed by atoms with van der Waals surface area (Å²) in [4.78, 5) is 11.7. The quantitative estimate of drug-likeness (QED) is 0.801. The van der Waals surface area contributed by atoms with Crippen LogP contribution in [-0.2, 0) is 6.54 Å². The molecule has 0 spiro atoms. The van der Waals surface area contributed by atoms with Gasteiger partial charge in [0, 0.05) is 11.6 Å². The largest absolute Gasteiger partial charge is 0.492 e. The fourth-order valence-corrected chi connectivity index (χ4v) is 2.14. The highest BCUT2D eigenvalue weighted by Crippen LogP contribution is 2.16. The number of benzene rings is 2. The molecule has 0 aliphatic heterocycles. The van der Waals surface area contributed by atoms with E-state index in [4.69, 9.17) is 16.3 Å². The summed E-state index contributed by atoms with van der Waals surface area (Å²) in [5.74, 6) is 0.689. The average molecular weight is 319 g/mol. The molecule has 5 heteroatoms. The molecule has 2 aromatic carbocycles. The second-order valence-electron chi connectivity index (χ2n) is 4.90. The van der Waals surface area contributed by atoms with E-state index in [-0.39, 0.29) is 6.03 Å². The first-order valence-electron chi connectivity index (χ1n) is 7.09. The number of ether oxygens (including phenoxy) is 1. The lowest BCUT2D eigenvalue weighted by Crippen LogP contribution is -2.37. The number of hydrogen-bond acceptors (Lipinski definition) is 2. The molecule has 2 amide bonds. The Hall–Kier alpha value is -2.20. The molecule has 0 saturated heterocycles. The van der Waals surface area contributed by atoms with Crippen molar-refractivity contribution >= 4 is 17.6 Å². The number of halogens is 1. The fourth-order valence-electron chi connectivity index (χ4n) is 1.96. The maximum Gasteiger partial charge on any atom is 0.315 e. The van der Waals surface area contributed by atoms with Crippen molar-refractivity contribution in [3.63, 3.8) is 0 Å². The minimum absolute atomic E-state index is 0.212. The molecule has 2 rings (SSSR count). The molecule has 0 radical (unpaired) electrons. The Morgan fingerprint density at radius 2 is 1.95 bits per heavy atom. The van der Waals surface area contributed by atoms with Crippen molar-refractivity contribution in [2.24, 2.45) is 0 Å². The van der Waals surface area contributed by atoms with E-state index in [1.807, 2.05) is 43.3 Å². The minimum Gasteiger partial charge on any atom is -0.492 e. The van der Waals surface area contributed by atoms with E-state index in [1.165, 1.54) is 5.56 Å². The molecule has 0 saturated carbocycles. The topological polar surface area (TPSA) is 50.4 Å². The normalized spacial score (nSPS) is 10.1. The average Bonchev–Trinajstić information content (AvgIpc) is 2.50. The molecule has 2 aromatic rings. The second kappa shape index (κ2) is 8.29. The van der Waals surface area contributed by atoms with Gasteiger partial charge in [0.15, 0.2) is 0 Å². The Morgan fingerprint density at radius 3 is 2.73 bits per heavy atom. The van der Waals surface area contributed by atoms with Crippen LogP contribution in [-0.4, -0.2) is 19.2 Å². The number of aryl methyl sites for hydroxylation is 1. The Kier molecular flexibility index (Phi) is 6.10. The highest BCUT2D eigenvalue weighted by molar-refractivity contribution is 6.30. The standard InChI is InChI=1S/C17H19ClN2O2/c1-13-4-2-5-14(10-13)12-20-17(21)19-8-9-22-16-7-3-6-15(18)11-16/h2-7,10-11H,8-9,12H2,1H3,(H2,19,20,21). The second-order valence-corrected chi connectivity index (χ2v) is 5.34. The predicted molar refractivity (Wildman–Crippen MR) is 88.4 cm³/mol. The van der Waals surface area contributed by atoms with Crippen LogP contribution < -0.4 is 15.4 Å². The zero-order valence-electron chi connectivity index (χ0n) is 12.4. The molecule has 0 aliphatic rings. The number of carbonyl (C=O) groups is 1. The van der Waals surface area contributed by atoms with Crippen molar-refractivity contribution in [2.75, 3.05) is 13.2 Å². The molecular formula is C17H19ClN2O2. The number of amides is 2. The molecular weight excluding hydrogens is 300 g/mol. The van der Waals surface area contributed by atoms with Crippen molar-refractivity contribution in [3.05, 3.63) is 64.7 Å². The highest BCUT2D eigenvalue weighted by atomic mass is 35.5. The first-order chi connectivity index (χ1) is 10.6. The van der Waals surface area contributed by atoms with E-state index in [0.717, 1.165) is 5.56 Å². The number of carbonyl (C=O) groups excluding carboxylic acids is 1. The number of nitrogens with one attached hydrogen (secondary N) is 2. The van der Waals surface area contributed by atoms with Crippen LogP contribution in [0.2, 0.25) is 5.02 Å². The lowest BCUT2D eigenvalue weighted by molar-refractivity contribution is 0.236. The van der Waals surface area contributed by atoms with Crippen LogP contribution in [0, 0.1) is 6.92 Å². The van der Waals surface area contributed by atoms with E-state index in [2.05, 4.69) is 10.6 Å². The van der Waals surface area contributed by atoms with Gasteiger partial charge in [0.05, 0.1) is 6.54 Å². The molecule has 22 heavy (non-hydrogen) atoms. The number of hydrogen-bond donors (Lipinski definition) is 2. The van der Waals surface area contributed by atoms with Gasteiger partial charge in [0.25, 0.3) is 0 Å². The molecule has 0 atom stereocenters. The van der Waals surface area contributed by atoms with Crippen LogP contribution >= 0.6 is 11.6 Å². The Morgan fingerprint density at radius 1 is 1.14 bits per heavy atom. The van der Waals surface area contributed by atoms with Crippen molar-refractivity contribution in [1.29, 1.82) is 0 Å². The van der Waals surface area contributed by atoms with Crippen molar-refractivity contribution in [1.82, 2.24) is 10.6 Å². The van der Waals surface area contributed by atoms with Gasteiger partial charge in [0.1, 0.15) is 12.4 Å². The number of urea groups is 1. The van der Waals surface area contributed by atoms with Crippen molar-refractivity contribution in [3.8, 4) is 5.75 Å². The first kappa shape index (κ1) is 16.2. The Balaban J connectivity index is 1.63. The lowest BCUT2D eigenvalue weighted by atomic mass is 10.1. The van der Waals surface area contributed by atoms with Crippen LogP contribution in [0.15, 0.2) is 48.5 Å². The van der Waals surface area contributed by atoms with Crippen molar-refractivity contribution in [2.45, 2.75) is 13.5 Å². The maximum atomic E-state index is 11.7.